The monoisotopic (exact) mass is 570 g/mol. The van der Waals surface area contributed by atoms with Crippen molar-refractivity contribution in [1.29, 1.82) is 0 Å². The van der Waals surface area contributed by atoms with Gasteiger partial charge < -0.3 is 24.2 Å². The van der Waals surface area contributed by atoms with Crippen molar-refractivity contribution in [3.05, 3.63) is 64.1 Å². The Bertz CT molecular complexity index is 1560. The molecule has 1 atom stereocenters. The number of halogens is 2. The maximum absolute atomic E-state index is 14.5. The predicted octanol–water partition coefficient (Wildman–Crippen LogP) is 6.71. The van der Waals surface area contributed by atoms with E-state index in [1.165, 1.54) is 13.0 Å². The molecule has 0 amide bonds. The Labute approximate surface area is 232 Å². The summed E-state index contributed by atoms with van der Waals surface area (Å²) in [6.07, 6.45) is 2.22. The topological polar surface area (TPSA) is 115 Å². The lowest BCUT2D eigenvalue weighted by Gasteiger charge is -2.34. The van der Waals surface area contributed by atoms with Crippen LogP contribution >= 0.6 is 11.3 Å². The fraction of sp³-hybridized carbons (Fsp3) is 0.414. The van der Waals surface area contributed by atoms with Gasteiger partial charge in [0, 0.05) is 24.0 Å². The summed E-state index contributed by atoms with van der Waals surface area (Å²) in [5, 5.41) is 25.3. The number of hydrogen-bond acceptors (Lipinski definition) is 8. The molecular weight excluding hydrogens is 542 g/mol. The normalized spacial score (nSPS) is 21.9. The predicted molar refractivity (Wildman–Crippen MR) is 143 cm³/mol. The van der Waals surface area contributed by atoms with Gasteiger partial charge in [-0.2, -0.15) is 0 Å². The average molecular weight is 571 g/mol. The van der Waals surface area contributed by atoms with E-state index in [1.54, 1.807) is 12.1 Å². The number of nitrogens with zero attached hydrogens (tertiary/aromatic N) is 2. The molecule has 11 heteroatoms. The number of benzene rings is 2. The highest BCUT2D eigenvalue weighted by Crippen LogP contribution is 2.46. The van der Waals surface area contributed by atoms with Crippen LogP contribution in [0.1, 0.15) is 78.1 Å². The quantitative estimate of drug-likeness (QED) is 0.228. The van der Waals surface area contributed by atoms with Crippen molar-refractivity contribution in [2.75, 3.05) is 0 Å². The van der Waals surface area contributed by atoms with Crippen LogP contribution in [-0.2, 0) is 16.9 Å². The summed E-state index contributed by atoms with van der Waals surface area (Å²) in [4.78, 5) is 15.6. The van der Waals surface area contributed by atoms with E-state index >= 15 is 0 Å². The number of carboxylic acids is 1. The Morgan fingerprint density at radius 2 is 1.98 bits per heavy atom. The van der Waals surface area contributed by atoms with Gasteiger partial charge in [-0.3, -0.25) is 0 Å². The van der Waals surface area contributed by atoms with Gasteiger partial charge in [-0.1, -0.05) is 17.3 Å². The van der Waals surface area contributed by atoms with E-state index in [2.05, 4.69) is 10.1 Å². The molecule has 0 radical (unpaired) electrons. The fourth-order valence-corrected chi connectivity index (χ4v) is 6.41. The number of alkyl halides is 1. The minimum absolute atomic E-state index is 0.0656. The largest absolute Gasteiger partial charge is 0.478 e. The highest BCUT2D eigenvalue weighted by molar-refractivity contribution is 7.18. The third kappa shape index (κ3) is 5.21. The lowest BCUT2D eigenvalue weighted by molar-refractivity contribution is -0.0641. The molecule has 2 N–H and O–H groups in total. The standard InChI is InChI=1S/C29H28F2N2O6S/c1-15(30)38-22-5-3-2-4-19(22)24-20(26(39-33-24)16-6-7-16)14-37-18-8-10-29(36,11-9-18)28-32-25-21(31)12-17(27(34)35)13-23(25)40-28/h2-5,12-13,15-16,18,36H,6-11,14H2,1H3,(H,34,35)/t15?,18-,29+. The molecule has 2 heterocycles. The van der Waals surface area contributed by atoms with Gasteiger partial charge in [0.2, 0.25) is 6.36 Å². The molecule has 2 aliphatic carbocycles. The fourth-order valence-electron chi connectivity index (χ4n) is 5.24. The molecule has 2 fully saturated rings. The van der Waals surface area contributed by atoms with Crippen molar-refractivity contribution in [1.82, 2.24) is 10.1 Å². The molecule has 210 valence electrons. The Morgan fingerprint density at radius 3 is 2.67 bits per heavy atom. The van der Waals surface area contributed by atoms with Crippen LogP contribution in [0.25, 0.3) is 21.5 Å². The van der Waals surface area contributed by atoms with Gasteiger partial charge in [-0.15, -0.1) is 11.3 Å². The molecular formula is C29H28F2N2O6S. The second-order valence-electron chi connectivity index (χ2n) is 10.5. The molecule has 2 aromatic carbocycles. The summed E-state index contributed by atoms with van der Waals surface area (Å²) in [5.41, 5.74) is 0.685. The first-order valence-corrected chi connectivity index (χ1v) is 14.1. The lowest BCUT2D eigenvalue weighted by atomic mass is 9.83. The number of para-hydroxylation sites is 1. The number of aromatic carboxylic acids is 1. The number of hydrogen-bond donors (Lipinski definition) is 2. The highest BCUT2D eigenvalue weighted by Gasteiger charge is 2.39. The molecule has 6 rings (SSSR count). The first kappa shape index (κ1) is 26.8. The lowest BCUT2D eigenvalue weighted by Crippen LogP contribution is -2.34. The van der Waals surface area contributed by atoms with Gasteiger partial charge >= 0.3 is 5.97 Å². The Kier molecular flexibility index (Phi) is 7.05. The Morgan fingerprint density at radius 1 is 1.23 bits per heavy atom. The molecule has 4 aromatic rings. The van der Waals surface area contributed by atoms with Crippen LogP contribution in [0, 0.1) is 5.82 Å². The summed E-state index contributed by atoms with van der Waals surface area (Å²) in [6, 6.07) is 9.44. The van der Waals surface area contributed by atoms with Crippen LogP contribution in [-0.4, -0.2) is 38.8 Å². The van der Waals surface area contributed by atoms with E-state index in [1.807, 2.05) is 12.1 Å². The van der Waals surface area contributed by atoms with Crippen LogP contribution in [0.4, 0.5) is 8.78 Å². The molecule has 2 aromatic heterocycles. The zero-order valence-electron chi connectivity index (χ0n) is 21.7. The molecule has 1 unspecified atom stereocenters. The molecule has 0 spiro atoms. The van der Waals surface area contributed by atoms with Crippen molar-refractivity contribution < 1.29 is 37.8 Å². The van der Waals surface area contributed by atoms with E-state index in [9.17, 15) is 23.8 Å². The molecule has 2 saturated carbocycles. The van der Waals surface area contributed by atoms with Crippen LogP contribution in [0.5, 0.6) is 5.75 Å². The van der Waals surface area contributed by atoms with Crippen molar-refractivity contribution in [2.24, 2.45) is 0 Å². The third-order valence-corrected chi connectivity index (χ3v) is 8.71. The van der Waals surface area contributed by atoms with E-state index in [0.29, 0.717) is 52.4 Å². The Hall–Kier alpha value is -3.41. The molecule has 0 aliphatic heterocycles. The van der Waals surface area contributed by atoms with Crippen molar-refractivity contribution in [3.63, 3.8) is 0 Å². The van der Waals surface area contributed by atoms with E-state index in [4.69, 9.17) is 14.0 Å². The van der Waals surface area contributed by atoms with Gasteiger partial charge in [0.25, 0.3) is 0 Å². The maximum atomic E-state index is 14.5. The molecule has 2 aliphatic rings. The number of rotatable bonds is 9. The van der Waals surface area contributed by atoms with E-state index < -0.39 is 23.7 Å². The second kappa shape index (κ2) is 10.5. The van der Waals surface area contributed by atoms with Crippen molar-refractivity contribution in [2.45, 2.75) is 76.0 Å². The minimum atomic E-state index is -1.48. The van der Waals surface area contributed by atoms with Gasteiger partial charge in [-0.05, 0) is 62.8 Å². The summed E-state index contributed by atoms with van der Waals surface area (Å²) in [5.74, 6) is -0.504. The van der Waals surface area contributed by atoms with Gasteiger partial charge in [0.15, 0.2) is 5.82 Å². The number of ether oxygens (including phenoxy) is 2. The SMILES string of the molecule is CC(F)Oc1ccccc1-c1noc(C2CC2)c1CO[C@H]1CC[C@](O)(c2nc3c(F)cc(C(=O)O)cc3s2)CC1. The first-order valence-electron chi connectivity index (χ1n) is 13.3. The number of carbonyl (C=O) groups is 1. The second-order valence-corrected chi connectivity index (χ2v) is 11.5. The summed E-state index contributed by atoms with van der Waals surface area (Å²) in [7, 11) is 0. The third-order valence-electron chi connectivity index (χ3n) is 7.51. The minimum Gasteiger partial charge on any atom is -0.478 e. The van der Waals surface area contributed by atoms with Crippen LogP contribution in [0.3, 0.4) is 0 Å². The van der Waals surface area contributed by atoms with Crippen LogP contribution < -0.4 is 4.74 Å². The van der Waals surface area contributed by atoms with Gasteiger partial charge in [-0.25, -0.2) is 18.6 Å². The average Bonchev–Trinajstić information content (AvgIpc) is 3.52. The molecule has 0 saturated heterocycles. The summed E-state index contributed by atoms with van der Waals surface area (Å²) < 4.78 is 46.0. The zero-order valence-corrected chi connectivity index (χ0v) is 22.5. The number of fused-ring (bicyclic) bond motifs is 1. The number of aromatic nitrogens is 2. The summed E-state index contributed by atoms with van der Waals surface area (Å²) in [6.45, 7) is 1.57. The smallest absolute Gasteiger partial charge is 0.335 e. The number of aliphatic hydroxyl groups is 1. The maximum Gasteiger partial charge on any atom is 0.335 e. The van der Waals surface area contributed by atoms with Crippen LogP contribution in [0.2, 0.25) is 0 Å². The molecule has 0 bridgehead atoms. The van der Waals surface area contributed by atoms with E-state index in [0.717, 1.165) is 41.6 Å². The molecule has 40 heavy (non-hydrogen) atoms. The highest BCUT2D eigenvalue weighted by atomic mass is 32.1. The van der Waals surface area contributed by atoms with Gasteiger partial charge in [0.05, 0.1) is 23.0 Å². The molecule has 8 nitrogen and oxygen atoms in total. The van der Waals surface area contributed by atoms with Gasteiger partial charge in [0.1, 0.15) is 33.3 Å². The van der Waals surface area contributed by atoms with Crippen molar-refractivity contribution in [3.8, 4) is 17.0 Å². The number of carboxylic acid groups (broad SMARTS) is 1. The zero-order chi connectivity index (χ0) is 28.0. The number of thiazole rings is 1. The van der Waals surface area contributed by atoms with Crippen molar-refractivity contribution >= 4 is 27.5 Å². The first-order chi connectivity index (χ1) is 19.2. The van der Waals surface area contributed by atoms with Crippen LogP contribution in [0.15, 0.2) is 40.9 Å². The van der Waals surface area contributed by atoms with E-state index in [-0.39, 0.29) is 29.7 Å². The summed E-state index contributed by atoms with van der Waals surface area (Å²) >= 11 is 1.11. The Balaban J connectivity index is 1.17.